The van der Waals surface area contributed by atoms with Gasteiger partial charge in [-0.2, -0.15) is 4.37 Å². The smallest absolute Gasteiger partial charge is 0.332 e. The Labute approximate surface area is 147 Å². The Balaban J connectivity index is 2.10. The van der Waals surface area contributed by atoms with Crippen LogP contribution in [0.3, 0.4) is 0 Å². The van der Waals surface area contributed by atoms with Gasteiger partial charge in [0.1, 0.15) is 6.54 Å². The minimum absolute atomic E-state index is 0.0329. The van der Waals surface area contributed by atoms with Crippen molar-refractivity contribution in [2.45, 2.75) is 33.0 Å². The Morgan fingerprint density at radius 2 is 1.92 bits per heavy atom. The third kappa shape index (κ3) is 3.53. The largest absolute Gasteiger partial charge is 0.352 e. The summed E-state index contributed by atoms with van der Waals surface area (Å²) >= 11 is 1.09. The second-order valence-corrected chi connectivity index (χ2v) is 6.65. The monoisotopic (exact) mass is 358 g/mol. The molecule has 8 heteroatoms. The van der Waals surface area contributed by atoms with Crippen LogP contribution in [-0.4, -0.2) is 25.5 Å². The van der Waals surface area contributed by atoms with Crippen molar-refractivity contribution >= 4 is 28.5 Å². The first-order valence-corrected chi connectivity index (χ1v) is 8.72. The quantitative estimate of drug-likeness (QED) is 0.742. The Hall–Kier alpha value is -2.74. The van der Waals surface area contributed by atoms with Gasteiger partial charge in [-0.3, -0.25) is 18.7 Å². The summed E-state index contributed by atoms with van der Waals surface area (Å²) < 4.78 is 6.54. The van der Waals surface area contributed by atoms with Gasteiger partial charge in [0.2, 0.25) is 5.91 Å². The van der Waals surface area contributed by atoms with E-state index in [1.807, 2.05) is 44.2 Å². The number of benzene rings is 1. The van der Waals surface area contributed by atoms with Crippen molar-refractivity contribution in [1.82, 2.24) is 18.8 Å². The average Bonchev–Trinajstić information content (AvgIpc) is 3.05. The van der Waals surface area contributed by atoms with Crippen LogP contribution in [0.4, 0.5) is 0 Å². The summed E-state index contributed by atoms with van der Waals surface area (Å²) in [6.07, 6.45) is 0. The van der Waals surface area contributed by atoms with E-state index in [4.69, 9.17) is 0 Å². The number of rotatable bonds is 5. The van der Waals surface area contributed by atoms with E-state index >= 15 is 0 Å². The third-order valence-electron chi connectivity index (χ3n) is 3.69. The number of hydrogen-bond donors (Lipinski definition) is 1. The molecule has 25 heavy (non-hydrogen) atoms. The summed E-state index contributed by atoms with van der Waals surface area (Å²) in [5, 5.41) is 4.37. The molecule has 0 aliphatic carbocycles. The molecule has 0 fully saturated rings. The van der Waals surface area contributed by atoms with E-state index in [0.717, 1.165) is 21.7 Å². The van der Waals surface area contributed by atoms with Crippen LogP contribution in [0.25, 0.3) is 11.0 Å². The topological polar surface area (TPSA) is 86.0 Å². The van der Waals surface area contributed by atoms with E-state index in [2.05, 4.69) is 9.69 Å². The van der Waals surface area contributed by atoms with Gasteiger partial charge < -0.3 is 5.32 Å². The molecule has 3 rings (SSSR count). The molecule has 0 bridgehead atoms. The number of hydrogen-bond acceptors (Lipinski definition) is 5. The second-order valence-electron chi connectivity index (χ2n) is 6.02. The Bertz CT molecular complexity index is 1020. The number of carbonyl (C=O) groups is 1. The first-order chi connectivity index (χ1) is 12.0. The molecule has 0 spiro atoms. The molecule has 3 aromatic rings. The summed E-state index contributed by atoms with van der Waals surface area (Å²) in [7, 11) is 0. The normalized spacial score (nSPS) is 11.2. The minimum atomic E-state index is -0.513. The second kappa shape index (κ2) is 7.02. The van der Waals surface area contributed by atoms with E-state index in [-0.39, 0.29) is 30.6 Å². The molecule has 1 N–H and O–H groups in total. The van der Waals surface area contributed by atoms with Gasteiger partial charge in [0, 0.05) is 11.4 Å². The lowest BCUT2D eigenvalue weighted by atomic mass is 10.2. The van der Waals surface area contributed by atoms with Gasteiger partial charge in [-0.15, -0.1) is 0 Å². The van der Waals surface area contributed by atoms with Crippen LogP contribution in [0.1, 0.15) is 19.4 Å². The Morgan fingerprint density at radius 1 is 1.20 bits per heavy atom. The maximum absolute atomic E-state index is 12.9. The van der Waals surface area contributed by atoms with Gasteiger partial charge in [-0.1, -0.05) is 30.3 Å². The van der Waals surface area contributed by atoms with Crippen molar-refractivity contribution in [3.8, 4) is 0 Å². The van der Waals surface area contributed by atoms with E-state index in [0.29, 0.717) is 5.52 Å². The summed E-state index contributed by atoms with van der Waals surface area (Å²) in [4.78, 5) is 37.6. The zero-order chi connectivity index (χ0) is 18.0. The fourth-order valence-corrected chi connectivity index (χ4v) is 3.27. The molecule has 0 atom stereocenters. The fraction of sp³-hybridized carbons (Fsp3) is 0.294. The zero-order valence-corrected chi connectivity index (χ0v) is 14.7. The van der Waals surface area contributed by atoms with Crippen molar-refractivity contribution < 1.29 is 4.79 Å². The molecular formula is C17H18N4O3S. The molecule has 0 saturated carbocycles. The first-order valence-electron chi connectivity index (χ1n) is 7.88. The van der Waals surface area contributed by atoms with E-state index in [1.54, 1.807) is 5.38 Å². The standard InChI is InChI=1S/C17H18N4O3S/c1-11(2)18-14(22)9-20-13-10-25-19-15(13)16(23)21(17(20)24)8-12-6-4-3-5-7-12/h3-7,10-11H,8-9H2,1-2H3,(H,18,22). The molecule has 130 valence electrons. The van der Waals surface area contributed by atoms with Crippen LogP contribution in [0.2, 0.25) is 0 Å². The Kier molecular flexibility index (Phi) is 4.80. The molecule has 0 unspecified atom stereocenters. The first kappa shape index (κ1) is 17.1. The van der Waals surface area contributed by atoms with Crippen molar-refractivity contribution in [3.63, 3.8) is 0 Å². The molecule has 0 aliphatic rings. The van der Waals surface area contributed by atoms with Gasteiger partial charge in [-0.25, -0.2) is 4.79 Å². The van der Waals surface area contributed by atoms with Gasteiger partial charge >= 0.3 is 5.69 Å². The number of amides is 1. The summed E-state index contributed by atoms with van der Waals surface area (Å²) in [6, 6.07) is 9.20. The van der Waals surface area contributed by atoms with Crippen molar-refractivity contribution in [2.24, 2.45) is 0 Å². The van der Waals surface area contributed by atoms with Crippen molar-refractivity contribution in [3.05, 3.63) is 62.1 Å². The van der Waals surface area contributed by atoms with Crippen molar-refractivity contribution in [2.75, 3.05) is 0 Å². The molecule has 1 amide bonds. The van der Waals surface area contributed by atoms with Crippen molar-refractivity contribution in [1.29, 1.82) is 0 Å². The zero-order valence-electron chi connectivity index (χ0n) is 13.9. The number of fused-ring (bicyclic) bond motifs is 1. The fourth-order valence-electron chi connectivity index (χ4n) is 2.60. The maximum Gasteiger partial charge on any atom is 0.332 e. The van der Waals surface area contributed by atoms with Crippen LogP contribution >= 0.6 is 11.5 Å². The summed E-state index contributed by atoms with van der Waals surface area (Å²) in [5.74, 6) is -0.283. The number of carbonyl (C=O) groups excluding carboxylic acids is 1. The van der Waals surface area contributed by atoms with E-state index in [1.165, 1.54) is 4.57 Å². The van der Waals surface area contributed by atoms with Crippen LogP contribution in [-0.2, 0) is 17.9 Å². The highest BCUT2D eigenvalue weighted by molar-refractivity contribution is 7.04. The Morgan fingerprint density at radius 3 is 2.60 bits per heavy atom. The van der Waals surface area contributed by atoms with E-state index < -0.39 is 11.2 Å². The summed E-state index contributed by atoms with van der Waals surface area (Å²) in [5.41, 5.74) is 0.474. The molecule has 2 heterocycles. The van der Waals surface area contributed by atoms with Gasteiger partial charge in [-0.05, 0) is 30.9 Å². The number of nitrogens with one attached hydrogen (secondary N) is 1. The highest BCUT2D eigenvalue weighted by Gasteiger charge is 2.17. The number of nitrogens with zero attached hydrogens (tertiary/aromatic N) is 3. The molecular weight excluding hydrogens is 340 g/mol. The van der Waals surface area contributed by atoms with Crippen LogP contribution < -0.4 is 16.6 Å². The SMILES string of the molecule is CC(C)NC(=O)Cn1c(=O)n(Cc2ccccc2)c(=O)c2nscc21. The molecule has 0 radical (unpaired) electrons. The minimum Gasteiger partial charge on any atom is -0.352 e. The predicted molar refractivity (Wildman–Crippen MR) is 97.0 cm³/mol. The lowest BCUT2D eigenvalue weighted by Gasteiger charge is -2.13. The van der Waals surface area contributed by atoms with Gasteiger partial charge in [0.25, 0.3) is 5.56 Å². The molecule has 0 aliphatic heterocycles. The van der Waals surface area contributed by atoms with Gasteiger partial charge in [0.05, 0.1) is 12.1 Å². The average molecular weight is 358 g/mol. The van der Waals surface area contributed by atoms with Crippen LogP contribution in [0, 0.1) is 0 Å². The number of aromatic nitrogens is 3. The van der Waals surface area contributed by atoms with Crippen LogP contribution in [0.5, 0.6) is 0 Å². The predicted octanol–water partition coefficient (Wildman–Crippen LogP) is 1.19. The molecule has 2 aromatic heterocycles. The highest BCUT2D eigenvalue weighted by atomic mass is 32.1. The third-order valence-corrected chi connectivity index (χ3v) is 4.30. The van der Waals surface area contributed by atoms with Gasteiger partial charge in [0.15, 0.2) is 5.52 Å². The maximum atomic E-state index is 12.9. The lowest BCUT2D eigenvalue weighted by Crippen LogP contribution is -2.43. The molecule has 1 aromatic carbocycles. The highest BCUT2D eigenvalue weighted by Crippen LogP contribution is 2.10. The van der Waals surface area contributed by atoms with Crippen LogP contribution in [0.15, 0.2) is 45.3 Å². The van der Waals surface area contributed by atoms with E-state index in [9.17, 15) is 14.4 Å². The summed E-state index contributed by atoms with van der Waals surface area (Å²) in [6.45, 7) is 3.68. The molecule has 0 saturated heterocycles. The lowest BCUT2D eigenvalue weighted by molar-refractivity contribution is -0.122. The molecule has 7 nitrogen and oxygen atoms in total.